The van der Waals surface area contributed by atoms with Crippen molar-refractivity contribution in [3.8, 4) is 0 Å². The maximum absolute atomic E-state index is 10.7. The molecule has 0 fully saturated rings. The maximum Gasteiger partial charge on any atom is 0.469 e. The number of esters is 1. The topological polar surface area (TPSA) is 113 Å². The van der Waals surface area contributed by atoms with E-state index in [1.165, 1.54) is 6.92 Å². The van der Waals surface area contributed by atoms with Crippen molar-refractivity contribution >= 4 is 13.8 Å². The van der Waals surface area contributed by atoms with Crippen LogP contribution in [0, 0.1) is 0 Å². The molecule has 0 aliphatic rings. The predicted molar refractivity (Wildman–Crippen MR) is 73.8 cm³/mol. The largest absolute Gasteiger partial charge is 0.469 e. The minimum Gasteiger partial charge on any atom is -0.460 e. The highest BCUT2D eigenvalue weighted by Crippen LogP contribution is 2.35. The molecule has 8 nitrogen and oxygen atoms in total. The summed E-state index contributed by atoms with van der Waals surface area (Å²) in [5, 5.41) is 8.39. The van der Waals surface area contributed by atoms with Crippen LogP contribution in [0.2, 0.25) is 0 Å². The number of carbonyl (C=O) groups excluding carboxylic acids is 1. The number of likely N-dealkylation sites (N-methyl/N-ethyl adjacent to an activating group) is 1. The fraction of sp³-hybridized carbons (Fsp3) is 0.727. The summed E-state index contributed by atoms with van der Waals surface area (Å²) in [5.74, 6) is -0.616. The molecule has 0 aromatic heterocycles. The van der Waals surface area contributed by atoms with E-state index in [1.54, 1.807) is 0 Å². The van der Waals surface area contributed by atoms with Gasteiger partial charge < -0.3 is 24.1 Å². The summed E-state index contributed by atoms with van der Waals surface area (Å²) in [6.07, 6.45) is 0. The average Bonchev–Trinajstić information content (AvgIpc) is 2.21. The van der Waals surface area contributed by atoms with Crippen molar-refractivity contribution < 1.29 is 38.0 Å². The van der Waals surface area contributed by atoms with Crippen molar-refractivity contribution in [2.24, 2.45) is 0 Å². The van der Waals surface area contributed by atoms with Crippen LogP contribution in [0.4, 0.5) is 0 Å². The summed E-state index contributed by atoms with van der Waals surface area (Å²) in [5.41, 5.74) is 0.219. The van der Waals surface area contributed by atoms with E-state index in [0.717, 1.165) is 11.0 Å². The van der Waals surface area contributed by atoms with Gasteiger partial charge in [-0.2, -0.15) is 0 Å². The van der Waals surface area contributed by atoms with Gasteiger partial charge in [0.2, 0.25) is 0 Å². The lowest BCUT2D eigenvalue weighted by Gasteiger charge is -2.21. The minimum absolute atomic E-state index is 0.212. The van der Waals surface area contributed by atoms with E-state index in [1.807, 2.05) is 0 Å². The van der Waals surface area contributed by atoms with Crippen molar-refractivity contribution in [1.82, 2.24) is 0 Å². The molecular weight excluding hydrogens is 289 g/mol. The molecule has 0 aliphatic carbocycles. The monoisotopic (exact) mass is 314 g/mol. The highest BCUT2D eigenvalue weighted by atomic mass is 31.2. The molecule has 0 saturated heterocycles. The third-order valence-electron chi connectivity index (χ3n) is 1.70. The van der Waals surface area contributed by atoms with Gasteiger partial charge >= 0.3 is 13.8 Å². The quantitative estimate of drug-likeness (QED) is 0.198. The summed E-state index contributed by atoms with van der Waals surface area (Å²) in [6, 6.07) is 0. The number of aliphatic hydroxyl groups is 1. The van der Waals surface area contributed by atoms with Crippen LogP contribution in [0.25, 0.3) is 0 Å². The van der Waals surface area contributed by atoms with Gasteiger partial charge in [-0.3, -0.25) is 4.52 Å². The molecule has 0 rings (SSSR count). The van der Waals surface area contributed by atoms with Crippen LogP contribution >= 0.6 is 7.82 Å². The van der Waals surface area contributed by atoms with Gasteiger partial charge in [0.1, 0.15) is 13.2 Å². The molecule has 0 bridgehead atoms. The summed E-state index contributed by atoms with van der Waals surface area (Å²) in [4.78, 5) is 27.1. The van der Waals surface area contributed by atoms with Gasteiger partial charge in [0.25, 0.3) is 0 Å². The van der Waals surface area contributed by atoms with Crippen LogP contribution in [0.5, 0.6) is 0 Å². The average molecular weight is 314 g/mol. The Kier molecular flexibility index (Phi) is 10.8. The molecular formula is C11H25NO7P+. The first-order chi connectivity index (χ1) is 8.89. The minimum atomic E-state index is -4.46. The Bertz CT molecular complexity index is 345. The molecule has 0 aliphatic heterocycles. The van der Waals surface area contributed by atoms with Gasteiger partial charge in [0.05, 0.1) is 34.4 Å². The fourth-order valence-corrected chi connectivity index (χ4v) is 1.03. The van der Waals surface area contributed by atoms with Gasteiger partial charge in [-0.15, -0.1) is 0 Å². The predicted octanol–water partition coefficient (Wildman–Crippen LogP) is -0.100. The van der Waals surface area contributed by atoms with Crippen LogP contribution in [-0.2, 0) is 18.6 Å². The summed E-state index contributed by atoms with van der Waals surface area (Å²) in [6.45, 7) is 5.34. The molecule has 0 spiro atoms. The highest BCUT2D eigenvalue weighted by Gasteiger charge is 2.13. The maximum atomic E-state index is 10.7. The highest BCUT2D eigenvalue weighted by molar-refractivity contribution is 7.46. The van der Waals surface area contributed by atoms with Crippen molar-refractivity contribution in [2.75, 3.05) is 47.5 Å². The Hall–Kier alpha value is -0.760. The van der Waals surface area contributed by atoms with Gasteiger partial charge in [-0.1, -0.05) is 6.58 Å². The second-order valence-electron chi connectivity index (χ2n) is 4.98. The van der Waals surface area contributed by atoms with Crippen molar-refractivity contribution in [3.63, 3.8) is 0 Å². The lowest BCUT2D eigenvalue weighted by atomic mass is 10.4. The first-order valence-electron chi connectivity index (χ1n) is 5.83. The number of phosphoric ester groups is 1. The number of rotatable bonds is 7. The SMILES string of the molecule is C=C(C)C(=O)OCCOP(=O)(O)O.C[N+](C)(C)CCO. The third-order valence-corrected chi connectivity index (χ3v) is 2.21. The van der Waals surface area contributed by atoms with E-state index >= 15 is 0 Å². The molecule has 0 saturated carbocycles. The fourth-order valence-electron chi connectivity index (χ4n) is 0.714. The standard InChI is InChI=1S/C6H11O6P.C5H14NO/c1-5(2)6(7)11-3-4-12-13(8,9)10;1-6(2,3)4-5-7/h1,3-4H2,2H3,(H2,8,9,10);7H,4-5H2,1-3H3/q;+1. The van der Waals surface area contributed by atoms with Gasteiger partial charge in [-0.25, -0.2) is 9.36 Å². The molecule has 0 amide bonds. The smallest absolute Gasteiger partial charge is 0.460 e. The van der Waals surface area contributed by atoms with Crippen LogP contribution in [-0.4, -0.2) is 72.9 Å². The number of quaternary nitrogens is 1. The van der Waals surface area contributed by atoms with Crippen molar-refractivity contribution in [1.29, 1.82) is 0 Å². The second kappa shape index (κ2) is 10.0. The van der Waals surface area contributed by atoms with Crippen molar-refractivity contribution in [2.45, 2.75) is 6.92 Å². The second-order valence-corrected chi connectivity index (χ2v) is 6.22. The summed E-state index contributed by atoms with van der Waals surface area (Å²) >= 11 is 0. The van der Waals surface area contributed by atoms with E-state index in [4.69, 9.17) is 14.9 Å². The van der Waals surface area contributed by atoms with Crippen LogP contribution in [0.15, 0.2) is 12.2 Å². The number of carbonyl (C=O) groups is 1. The van der Waals surface area contributed by atoms with Crippen LogP contribution in [0.1, 0.15) is 6.92 Å². The molecule has 0 heterocycles. The Labute approximate surface area is 119 Å². The summed E-state index contributed by atoms with van der Waals surface area (Å²) in [7, 11) is 1.69. The zero-order valence-electron chi connectivity index (χ0n) is 12.4. The lowest BCUT2D eigenvalue weighted by Crippen LogP contribution is -2.36. The van der Waals surface area contributed by atoms with Crippen molar-refractivity contribution in [3.05, 3.63) is 12.2 Å². The van der Waals surface area contributed by atoms with Gasteiger partial charge in [-0.05, 0) is 6.92 Å². The number of aliphatic hydroxyl groups excluding tert-OH is 1. The van der Waals surface area contributed by atoms with Crippen LogP contribution < -0.4 is 0 Å². The number of hydrogen-bond acceptors (Lipinski definition) is 5. The molecule has 3 N–H and O–H groups in total. The van der Waals surface area contributed by atoms with E-state index in [0.29, 0.717) is 0 Å². The third kappa shape index (κ3) is 19.6. The number of phosphoric acid groups is 1. The molecule has 0 radical (unpaired) electrons. The number of hydrogen-bond donors (Lipinski definition) is 3. The molecule has 0 unspecified atom stereocenters. The molecule has 120 valence electrons. The Balaban J connectivity index is 0. The number of ether oxygens (including phenoxy) is 1. The molecule has 20 heavy (non-hydrogen) atoms. The zero-order valence-corrected chi connectivity index (χ0v) is 13.3. The van der Waals surface area contributed by atoms with E-state index in [9.17, 15) is 9.36 Å². The van der Waals surface area contributed by atoms with E-state index in [2.05, 4.69) is 37.0 Å². The first-order valence-corrected chi connectivity index (χ1v) is 7.36. The number of nitrogens with zero attached hydrogens (tertiary/aromatic N) is 1. The zero-order chi connectivity index (χ0) is 16.4. The molecule has 0 aromatic rings. The van der Waals surface area contributed by atoms with Gasteiger partial charge in [0, 0.05) is 5.57 Å². The first kappa shape index (κ1) is 21.5. The molecule has 0 atom stereocenters. The molecule has 9 heteroatoms. The summed E-state index contributed by atoms with van der Waals surface area (Å²) < 4.78 is 19.5. The van der Waals surface area contributed by atoms with E-state index < -0.39 is 13.8 Å². The lowest BCUT2D eigenvalue weighted by molar-refractivity contribution is -0.870. The van der Waals surface area contributed by atoms with Crippen LogP contribution in [0.3, 0.4) is 0 Å². The Morgan fingerprint density at radius 3 is 2.00 bits per heavy atom. The molecule has 0 aromatic carbocycles. The van der Waals surface area contributed by atoms with E-state index in [-0.39, 0.29) is 25.4 Å². The van der Waals surface area contributed by atoms with Gasteiger partial charge in [0.15, 0.2) is 0 Å². The Morgan fingerprint density at radius 1 is 1.25 bits per heavy atom. The normalized spacial score (nSPS) is 11.3. The Morgan fingerprint density at radius 2 is 1.75 bits per heavy atom.